The van der Waals surface area contributed by atoms with Gasteiger partial charge in [0, 0.05) is 31.5 Å². The largest absolute Gasteiger partial charge is 0.493 e. The molecule has 6 nitrogen and oxygen atoms in total. The number of benzene rings is 1. The molecule has 0 saturated carbocycles. The first-order chi connectivity index (χ1) is 11.2. The lowest BCUT2D eigenvalue weighted by Crippen LogP contribution is -2.37. The van der Waals surface area contributed by atoms with E-state index >= 15 is 0 Å². The highest BCUT2D eigenvalue weighted by atomic mass is 16.5. The van der Waals surface area contributed by atoms with Crippen LogP contribution in [0.25, 0.3) is 0 Å². The fourth-order valence-electron chi connectivity index (χ4n) is 2.72. The van der Waals surface area contributed by atoms with Gasteiger partial charge in [-0.15, -0.1) is 0 Å². The molecule has 1 aromatic carbocycles. The highest BCUT2D eigenvalue weighted by Crippen LogP contribution is 2.31. The summed E-state index contributed by atoms with van der Waals surface area (Å²) >= 11 is 0. The zero-order valence-corrected chi connectivity index (χ0v) is 13.9. The second kappa shape index (κ2) is 8.41. The van der Waals surface area contributed by atoms with Crippen molar-refractivity contribution in [3.63, 3.8) is 0 Å². The van der Waals surface area contributed by atoms with Crippen molar-refractivity contribution in [3.05, 3.63) is 29.8 Å². The minimum absolute atomic E-state index is 0.0992. The zero-order valence-electron chi connectivity index (χ0n) is 13.9. The summed E-state index contributed by atoms with van der Waals surface area (Å²) in [5, 5.41) is 3.23. The number of para-hydroxylation sites is 1. The summed E-state index contributed by atoms with van der Waals surface area (Å²) in [5.74, 6) is 1.38. The number of hydrogen-bond donors (Lipinski definition) is 2. The molecule has 3 N–H and O–H groups in total. The lowest BCUT2D eigenvalue weighted by molar-refractivity contribution is -0.130. The van der Waals surface area contributed by atoms with Crippen molar-refractivity contribution >= 4 is 11.9 Å². The average Bonchev–Trinajstić information content (AvgIpc) is 2.56. The Labute approximate surface area is 137 Å². The predicted molar refractivity (Wildman–Crippen MR) is 91.5 cm³/mol. The maximum atomic E-state index is 11.9. The van der Waals surface area contributed by atoms with Crippen LogP contribution in [0.4, 0.5) is 0 Å². The van der Waals surface area contributed by atoms with E-state index < -0.39 is 0 Å². The third kappa shape index (κ3) is 4.61. The second-order valence-electron chi connectivity index (χ2n) is 5.45. The van der Waals surface area contributed by atoms with E-state index in [4.69, 9.17) is 10.5 Å². The highest BCUT2D eigenvalue weighted by Gasteiger charge is 2.21. The van der Waals surface area contributed by atoms with Crippen molar-refractivity contribution in [1.29, 1.82) is 0 Å². The van der Waals surface area contributed by atoms with Crippen LogP contribution in [-0.4, -0.2) is 43.0 Å². The van der Waals surface area contributed by atoms with Crippen molar-refractivity contribution in [2.45, 2.75) is 32.7 Å². The molecule has 0 aromatic heterocycles. The van der Waals surface area contributed by atoms with Gasteiger partial charge in [0.2, 0.25) is 5.91 Å². The maximum Gasteiger partial charge on any atom is 0.224 e. The Morgan fingerprint density at radius 3 is 2.87 bits per heavy atom. The van der Waals surface area contributed by atoms with Gasteiger partial charge >= 0.3 is 0 Å². The summed E-state index contributed by atoms with van der Waals surface area (Å²) in [6.07, 6.45) is 1.22. The Hall–Kier alpha value is -2.24. The molecular formula is C17H26N4O2. The van der Waals surface area contributed by atoms with Crippen LogP contribution in [-0.2, 0) is 4.79 Å². The van der Waals surface area contributed by atoms with Gasteiger partial charge in [-0.1, -0.05) is 18.2 Å². The number of hydrogen-bond acceptors (Lipinski definition) is 3. The van der Waals surface area contributed by atoms with Gasteiger partial charge in [-0.05, 0) is 19.9 Å². The summed E-state index contributed by atoms with van der Waals surface area (Å²) in [5.41, 5.74) is 7.06. The number of rotatable bonds is 6. The molecule has 0 fully saturated rings. The van der Waals surface area contributed by atoms with E-state index in [1.807, 2.05) is 38.1 Å². The number of aliphatic imine (C=N–C) groups is 1. The van der Waals surface area contributed by atoms with Crippen LogP contribution in [0.5, 0.6) is 5.75 Å². The number of carbonyl (C=O) groups is 1. The van der Waals surface area contributed by atoms with Gasteiger partial charge in [0.1, 0.15) is 5.75 Å². The first kappa shape index (κ1) is 17.1. The number of ether oxygens (including phenoxy) is 1. The minimum atomic E-state index is 0.0992. The van der Waals surface area contributed by atoms with E-state index in [0.717, 1.165) is 30.8 Å². The van der Waals surface area contributed by atoms with E-state index in [2.05, 4.69) is 10.3 Å². The molecule has 1 aliphatic heterocycles. The van der Waals surface area contributed by atoms with Crippen LogP contribution < -0.4 is 15.8 Å². The molecule has 23 heavy (non-hydrogen) atoms. The summed E-state index contributed by atoms with van der Waals surface area (Å²) in [6, 6.07) is 8.03. The van der Waals surface area contributed by atoms with E-state index in [9.17, 15) is 4.79 Å². The van der Waals surface area contributed by atoms with Crippen molar-refractivity contribution in [2.24, 2.45) is 10.7 Å². The van der Waals surface area contributed by atoms with E-state index in [-0.39, 0.29) is 11.9 Å². The normalized spacial score (nSPS) is 17.1. The molecule has 0 radical (unpaired) electrons. The fraction of sp³-hybridized carbons (Fsp3) is 0.529. The Morgan fingerprint density at radius 1 is 1.39 bits per heavy atom. The van der Waals surface area contributed by atoms with E-state index in [0.29, 0.717) is 25.5 Å². The summed E-state index contributed by atoms with van der Waals surface area (Å²) < 4.78 is 5.63. The third-order valence-corrected chi connectivity index (χ3v) is 4.00. The van der Waals surface area contributed by atoms with Crippen LogP contribution in [0.15, 0.2) is 29.3 Å². The molecule has 0 spiro atoms. The molecule has 1 aromatic rings. The summed E-state index contributed by atoms with van der Waals surface area (Å²) in [7, 11) is 0. The first-order valence-corrected chi connectivity index (χ1v) is 8.21. The molecule has 0 saturated heterocycles. The van der Waals surface area contributed by atoms with Gasteiger partial charge in [-0.2, -0.15) is 0 Å². The number of guanidine groups is 1. The van der Waals surface area contributed by atoms with Crippen LogP contribution in [0.1, 0.15) is 38.3 Å². The Kier molecular flexibility index (Phi) is 6.26. The van der Waals surface area contributed by atoms with Crippen LogP contribution in [0.2, 0.25) is 0 Å². The molecule has 6 heteroatoms. The third-order valence-electron chi connectivity index (χ3n) is 4.00. The van der Waals surface area contributed by atoms with Gasteiger partial charge in [-0.3, -0.25) is 9.79 Å². The van der Waals surface area contributed by atoms with Crippen molar-refractivity contribution in [3.8, 4) is 5.75 Å². The maximum absolute atomic E-state index is 11.9. The molecule has 0 aliphatic carbocycles. The smallest absolute Gasteiger partial charge is 0.224 e. The Balaban J connectivity index is 1.87. The number of fused-ring (bicyclic) bond motifs is 1. The van der Waals surface area contributed by atoms with Crippen molar-refractivity contribution in [1.82, 2.24) is 10.2 Å². The number of nitrogens with one attached hydrogen (secondary N) is 1. The lowest BCUT2D eigenvalue weighted by atomic mass is 10.0. The summed E-state index contributed by atoms with van der Waals surface area (Å²) in [6.45, 7) is 6.46. The highest BCUT2D eigenvalue weighted by molar-refractivity contribution is 5.80. The van der Waals surface area contributed by atoms with Gasteiger partial charge in [0.15, 0.2) is 5.96 Å². The summed E-state index contributed by atoms with van der Waals surface area (Å²) in [4.78, 5) is 18.0. The zero-order chi connectivity index (χ0) is 16.7. The molecule has 1 unspecified atom stereocenters. The molecule has 126 valence electrons. The van der Waals surface area contributed by atoms with Crippen molar-refractivity contribution < 1.29 is 9.53 Å². The van der Waals surface area contributed by atoms with Gasteiger partial charge in [0.25, 0.3) is 0 Å². The number of carbonyl (C=O) groups excluding carboxylic acids is 1. The molecule has 1 heterocycles. The topological polar surface area (TPSA) is 80.0 Å². The predicted octanol–water partition coefficient (Wildman–Crippen LogP) is 1.67. The number of nitrogens with two attached hydrogens (primary N) is 1. The number of nitrogens with zero attached hydrogens (tertiary/aromatic N) is 2. The van der Waals surface area contributed by atoms with Crippen LogP contribution in [0, 0.1) is 0 Å². The Morgan fingerprint density at radius 2 is 2.13 bits per heavy atom. The van der Waals surface area contributed by atoms with E-state index in [1.54, 1.807) is 4.90 Å². The minimum Gasteiger partial charge on any atom is -0.493 e. The second-order valence-corrected chi connectivity index (χ2v) is 5.45. The fourth-order valence-corrected chi connectivity index (χ4v) is 2.72. The molecular weight excluding hydrogens is 292 g/mol. The molecule has 2 rings (SSSR count). The van der Waals surface area contributed by atoms with Gasteiger partial charge in [-0.25, -0.2) is 0 Å². The monoisotopic (exact) mass is 318 g/mol. The number of amides is 1. The standard InChI is InChI=1S/C17H26N4O2/c1-3-21(4-2)16(22)9-11-19-17(18)20-14-10-12-23-15-8-6-5-7-13(14)15/h5-8,14H,3-4,9-12H2,1-2H3,(H3,18,19,20). The van der Waals surface area contributed by atoms with E-state index in [1.165, 1.54) is 0 Å². The SMILES string of the molecule is CCN(CC)C(=O)CCN=C(N)NC1CCOc2ccccc21. The van der Waals surface area contributed by atoms with Crippen LogP contribution in [0.3, 0.4) is 0 Å². The Bertz CT molecular complexity index is 555. The van der Waals surface area contributed by atoms with Gasteiger partial charge in [0.05, 0.1) is 19.2 Å². The van der Waals surface area contributed by atoms with Crippen molar-refractivity contribution in [2.75, 3.05) is 26.2 Å². The molecule has 1 amide bonds. The average molecular weight is 318 g/mol. The van der Waals surface area contributed by atoms with Gasteiger partial charge < -0.3 is 20.7 Å². The molecule has 1 aliphatic rings. The molecule has 0 bridgehead atoms. The quantitative estimate of drug-likeness (QED) is 0.618. The van der Waals surface area contributed by atoms with Crippen LogP contribution >= 0.6 is 0 Å². The lowest BCUT2D eigenvalue weighted by Gasteiger charge is -2.27. The first-order valence-electron chi connectivity index (χ1n) is 8.21. The molecule has 1 atom stereocenters.